The van der Waals surface area contributed by atoms with E-state index in [0.29, 0.717) is 25.7 Å². The number of hydrogen-bond donors (Lipinski definition) is 2. The van der Waals surface area contributed by atoms with Gasteiger partial charge < -0.3 is 29.6 Å². The lowest BCUT2D eigenvalue weighted by Crippen LogP contribution is -2.38. The minimum Gasteiger partial charge on any atom is -0.490 e. The zero-order chi connectivity index (χ0) is 20.2. The van der Waals surface area contributed by atoms with Crippen LogP contribution in [0.5, 0.6) is 11.5 Å². The highest BCUT2D eigenvalue weighted by Gasteiger charge is 2.13. The molecular formula is C22H35N3O4. The van der Waals surface area contributed by atoms with Crippen molar-refractivity contribution in [3.05, 3.63) is 23.8 Å². The van der Waals surface area contributed by atoms with E-state index >= 15 is 0 Å². The number of rotatable bonds is 9. The van der Waals surface area contributed by atoms with Crippen LogP contribution in [0.3, 0.4) is 0 Å². The molecule has 0 amide bonds. The van der Waals surface area contributed by atoms with Gasteiger partial charge in [-0.15, -0.1) is 0 Å². The largest absolute Gasteiger partial charge is 0.490 e. The molecule has 2 aliphatic heterocycles. The van der Waals surface area contributed by atoms with Crippen LogP contribution < -0.4 is 20.1 Å². The molecule has 2 aliphatic rings. The number of fused-ring (bicyclic) bond motifs is 1. The second-order valence-electron chi connectivity index (χ2n) is 7.44. The summed E-state index contributed by atoms with van der Waals surface area (Å²) in [6.07, 6.45) is 4.11. The first kappa shape index (κ1) is 21.7. The highest BCUT2D eigenvalue weighted by molar-refractivity contribution is 5.79. The van der Waals surface area contributed by atoms with Crippen molar-refractivity contribution in [3.63, 3.8) is 0 Å². The third-order valence-corrected chi connectivity index (χ3v) is 5.03. The molecule has 2 N–H and O–H groups in total. The third-order valence-electron chi connectivity index (χ3n) is 5.03. The summed E-state index contributed by atoms with van der Waals surface area (Å²) in [5.74, 6) is 3.12. The summed E-state index contributed by atoms with van der Waals surface area (Å²) in [7, 11) is 0. The van der Waals surface area contributed by atoms with Crippen molar-refractivity contribution in [1.29, 1.82) is 0 Å². The fraction of sp³-hybridized carbons (Fsp3) is 0.682. The van der Waals surface area contributed by atoms with Gasteiger partial charge in [0.25, 0.3) is 0 Å². The number of nitrogens with one attached hydrogen (secondary N) is 2. The summed E-state index contributed by atoms with van der Waals surface area (Å²) in [6.45, 7) is 9.09. The van der Waals surface area contributed by atoms with Gasteiger partial charge in [0.1, 0.15) is 0 Å². The molecule has 0 aromatic heterocycles. The van der Waals surface area contributed by atoms with E-state index in [9.17, 15) is 0 Å². The molecule has 0 radical (unpaired) electrons. The zero-order valence-corrected chi connectivity index (χ0v) is 17.6. The minimum atomic E-state index is 0.590. The Morgan fingerprint density at radius 1 is 1.10 bits per heavy atom. The monoisotopic (exact) mass is 405 g/mol. The van der Waals surface area contributed by atoms with Gasteiger partial charge in [-0.2, -0.15) is 0 Å². The fourth-order valence-corrected chi connectivity index (χ4v) is 3.36. The molecule has 7 nitrogen and oxygen atoms in total. The van der Waals surface area contributed by atoms with E-state index in [1.165, 1.54) is 0 Å². The summed E-state index contributed by atoms with van der Waals surface area (Å²) in [5, 5.41) is 6.68. The number of aliphatic imine (C=N–C) groups is 1. The summed E-state index contributed by atoms with van der Waals surface area (Å²) >= 11 is 0. The van der Waals surface area contributed by atoms with Crippen LogP contribution in [0, 0.1) is 5.92 Å². The van der Waals surface area contributed by atoms with Crippen LogP contribution in [0.1, 0.15) is 38.2 Å². The molecule has 162 valence electrons. The summed E-state index contributed by atoms with van der Waals surface area (Å²) in [5.41, 5.74) is 1.10. The van der Waals surface area contributed by atoms with Crippen LogP contribution in [0.2, 0.25) is 0 Å². The number of nitrogens with zero attached hydrogens (tertiary/aromatic N) is 1. The Morgan fingerprint density at radius 3 is 2.76 bits per heavy atom. The van der Waals surface area contributed by atoms with Gasteiger partial charge in [0.05, 0.1) is 19.8 Å². The molecule has 0 bridgehead atoms. The molecule has 3 rings (SSSR count). The standard InChI is InChI=1S/C22H35N3O4/c1-2-23-22(24-9-3-10-27-17-18-7-13-26-14-8-18)25-16-19-5-6-20-21(15-19)29-12-4-11-28-20/h5-6,15,18H,2-4,7-14,16-17H2,1H3,(H2,23,24,25). The molecule has 0 unspecified atom stereocenters. The Labute approximate surface area is 174 Å². The molecule has 2 heterocycles. The maximum Gasteiger partial charge on any atom is 0.191 e. The van der Waals surface area contributed by atoms with E-state index in [0.717, 1.165) is 88.2 Å². The van der Waals surface area contributed by atoms with Crippen LogP contribution in [0.4, 0.5) is 0 Å². The first-order valence-corrected chi connectivity index (χ1v) is 10.9. The smallest absolute Gasteiger partial charge is 0.191 e. The van der Waals surface area contributed by atoms with Gasteiger partial charge in [-0.3, -0.25) is 0 Å². The molecule has 1 fully saturated rings. The molecule has 7 heteroatoms. The van der Waals surface area contributed by atoms with Gasteiger partial charge >= 0.3 is 0 Å². The summed E-state index contributed by atoms with van der Waals surface area (Å²) in [6, 6.07) is 6.05. The average Bonchev–Trinajstić information content (AvgIpc) is 3.00. The van der Waals surface area contributed by atoms with Gasteiger partial charge in [0.2, 0.25) is 0 Å². The third kappa shape index (κ3) is 7.74. The predicted octanol–water partition coefficient (Wildman–Crippen LogP) is 2.74. The maximum absolute atomic E-state index is 5.83. The number of ether oxygens (including phenoxy) is 4. The lowest BCUT2D eigenvalue weighted by molar-refractivity contribution is 0.0203. The molecule has 0 spiro atoms. The van der Waals surface area contributed by atoms with Gasteiger partial charge in [-0.05, 0) is 49.8 Å². The Morgan fingerprint density at radius 2 is 1.93 bits per heavy atom. The van der Waals surface area contributed by atoms with Crippen LogP contribution >= 0.6 is 0 Å². The highest BCUT2D eigenvalue weighted by atomic mass is 16.5. The molecule has 1 aromatic rings. The predicted molar refractivity (Wildman–Crippen MR) is 114 cm³/mol. The first-order valence-electron chi connectivity index (χ1n) is 10.9. The Bertz CT molecular complexity index is 632. The minimum absolute atomic E-state index is 0.590. The maximum atomic E-state index is 5.83. The topological polar surface area (TPSA) is 73.3 Å². The van der Waals surface area contributed by atoms with Gasteiger partial charge in [-0.1, -0.05) is 6.07 Å². The van der Waals surface area contributed by atoms with Crippen molar-refractivity contribution in [1.82, 2.24) is 10.6 Å². The van der Waals surface area contributed by atoms with E-state index < -0.39 is 0 Å². The van der Waals surface area contributed by atoms with E-state index in [1.54, 1.807) is 0 Å². The molecule has 0 atom stereocenters. The molecule has 29 heavy (non-hydrogen) atoms. The normalized spacial score (nSPS) is 17.6. The summed E-state index contributed by atoms with van der Waals surface area (Å²) < 4.78 is 22.7. The van der Waals surface area contributed by atoms with E-state index in [-0.39, 0.29) is 0 Å². The molecule has 0 saturated carbocycles. The van der Waals surface area contributed by atoms with Crippen LogP contribution in [-0.2, 0) is 16.0 Å². The van der Waals surface area contributed by atoms with Crippen LogP contribution in [-0.4, -0.2) is 58.7 Å². The van der Waals surface area contributed by atoms with Gasteiger partial charge in [-0.25, -0.2) is 4.99 Å². The Hall–Kier alpha value is -1.99. The van der Waals surface area contributed by atoms with E-state index in [1.807, 2.05) is 18.2 Å². The lowest BCUT2D eigenvalue weighted by Gasteiger charge is -2.21. The van der Waals surface area contributed by atoms with Crippen molar-refractivity contribution in [3.8, 4) is 11.5 Å². The molecule has 1 saturated heterocycles. The summed E-state index contributed by atoms with van der Waals surface area (Å²) in [4.78, 5) is 4.69. The van der Waals surface area contributed by atoms with Gasteiger partial charge in [0, 0.05) is 45.9 Å². The van der Waals surface area contributed by atoms with Crippen molar-refractivity contribution in [2.24, 2.45) is 10.9 Å². The van der Waals surface area contributed by atoms with Gasteiger partial charge in [0.15, 0.2) is 17.5 Å². The average molecular weight is 406 g/mol. The molecule has 1 aromatic carbocycles. The van der Waals surface area contributed by atoms with Crippen molar-refractivity contribution >= 4 is 5.96 Å². The number of guanidine groups is 1. The Kier molecular flexibility index (Phi) is 9.39. The van der Waals surface area contributed by atoms with Crippen LogP contribution in [0.25, 0.3) is 0 Å². The fourth-order valence-electron chi connectivity index (χ4n) is 3.36. The van der Waals surface area contributed by atoms with Crippen molar-refractivity contribution < 1.29 is 18.9 Å². The second-order valence-corrected chi connectivity index (χ2v) is 7.44. The van der Waals surface area contributed by atoms with Crippen LogP contribution in [0.15, 0.2) is 23.2 Å². The lowest BCUT2D eigenvalue weighted by atomic mass is 10.0. The van der Waals surface area contributed by atoms with Crippen molar-refractivity contribution in [2.75, 3.05) is 52.7 Å². The number of hydrogen-bond acceptors (Lipinski definition) is 5. The molecule has 0 aliphatic carbocycles. The SMILES string of the molecule is CCNC(=NCc1ccc2c(c1)OCCCO2)NCCCOCC1CCOCC1. The van der Waals surface area contributed by atoms with E-state index in [4.69, 9.17) is 23.9 Å². The first-order chi connectivity index (χ1) is 14.3. The number of benzene rings is 1. The zero-order valence-electron chi connectivity index (χ0n) is 17.6. The molecular weight excluding hydrogens is 370 g/mol. The second kappa shape index (κ2) is 12.5. The van der Waals surface area contributed by atoms with E-state index in [2.05, 4.69) is 17.6 Å². The Balaban J connectivity index is 1.38. The van der Waals surface area contributed by atoms with Crippen molar-refractivity contribution in [2.45, 2.75) is 39.2 Å². The quantitative estimate of drug-likeness (QED) is 0.374. The highest BCUT2D eigenvalue weighted by Crippen LogP contribution is 2.30.